The number of benzene rings is 1. The molecule has 1 aromatic carbocycles. The summed E-state index contributed by atoms with van der Waals surface area (Å²) in [6.07, 6.45) is 1.29. The summed E-state index contributed by atoms with van der Waals surface area (Å²) in [5.74, 6) is -0.197. The molecule has 0 bridgehead atoms. The molecule has 1 aromatic rings. The highest BCUT2D eigenvalue weighted by molar-refractivity contribution is 6.31. The van der Waals surface area contributed by atoms with Crippen molar-refractivity contribution in [2.75, 3.05) is 33.7 Å². The first kappa shape index (κ1) is 16.3. The SMILES string of the molecule is CNC(=O)C1(C(=O)N2CCN(C)C(c3ccccc3Cl)C2)CC1. The van der Waals surface area contributed by atoms with Crippen molar-refractivity contribution in [1.82, 2.24) is 15.1 Å². The average Bonchev–Trinajstić information content (AvgIpc) is 3.36. The number of hydrogen-bond donors (Lipinski definition) is 1. The molecule has 1 saturated heterocycles. The molecular weight excluding hydrogens is 314 g/mol. The summed E-state index contributed by atoms with van der Waals surface area (Å²) in [7, 11) is 3.63. The van der Waals surface area contributed by atoms with Gasteiger partial charge in [-0.3, -0.25) is 14.5 Å². The van der Waals surface area contributed by atoms with Gasteiger partial charge in [-0.15, -0.1) is 0 Å². The summed E-state index contributed by atoms with van der Waals surface area (Å²) in [4.78, 5) is 29.0. The molecule has 5 nitrogen and oxygen atoms in total. The average molecular weight is 336 g/mol. The zero-order valence-electron chi connectivity index (χ0n) is 13.5. The second-order valence-electron chi connectivity index (χ2n) is 6.43. The van der Waals surface area contributed by atoms with E-state index in [1.807, 2.05) is 36.2 Å². The lowest BCUT2D eigenvalue weighted by Gasteiger charge is -2.41. The van der Waals surface area contributed by atoms with Gasteiger partial charge in [0.1, 0.15) is 5.41 Å². The van der Waals surface area contributed by atoms with E-state index in [-0.39, 0.29) is 17.9 Å². The summed E-state index contributed by atoms with van der Waals surface area (Å²) < 4.78 is 0. The van der Waals surface area contributed by atoms with E-state index >= 15 is 0 Å². The van der Waals surface area contributed by atoms with Crippen LogP contribution in [0.4, 0.5) is 0 Å². The van der Waals surface area contributed by atoms with Gasteiger partial charge >= 0.3 is 0 Å². The Labute approximate surface area is 141 Å². The second kappa shape index (κ2) is 6.13. The number of rotatable bonds is 3. The fourth-order valence-electron chi connectivity index (χ4n) is 3.34. The van der Waals surface area contributed by atoms with Crippen LogP contribution in [0, 0.1) is 5.41 Å². The molecule has 1 aliphatic carbocycles. The van der Waals surface area contributed by atoms with Crippen molar-refractivity contribution >= 4 is 23.4 Å². The van der Waals surface area contributed by atoms with Crippen molar-refractivity contribution in [2.45, 2.75) is 18.9 Å². The van der Waals surface area contributed by atoms with E-state index in [1.165, 1.54) is 0 Å². The quantitative estimate of drug-likeness (QED) is 0.855. The monoisotopic (exact) mass is 335 g/mol. The first-order valence-electron chi connectivity index (χ1n) is 7.96. The van der Waals surface area contributed by atoms with Gasteiger partial charge in [0.25, 0.3) is 0 Å². The molecule has 0 radical (unpaired) electrons. The van der Waals surface area contributed by atoms with Crippen LogP contribution >= 0.6 is 11.6 Å². The van der Waals surface area contributed by atoms with E-state index in [2.05, 4.69) is 10.2 Å². The van der Waals surface area contributed by atoms with Gasteiger partial charge in [-0.25, -0.2) is 0 Å². The van der Waals surface area contributed by atoms with Gasteiger partial charge in [0.15, 0.2) is 0 Å². The summed E-state index contributed by atoms with van der Waals surface area (Å²) in [5.41, 5.74) is 0.203. The smallest absolute Gasteiger partial charge is 0.238 e. The summed E-state index contributed by atoms with van der Waals surface area (Å²) in [5, 5.41) is 3.34. The number of nitrogens with one attached hydrogen (secondary N) is 1. The zero-order chi connectivity index (χ0) is 16.6. The number of carbonyl (C=O) groups is 2. The molecule has 2 amide bonds. The topological polar surface area (TPSA) is 52.7 Å². The summed E-state index contributed by atoms with van der Waals surface area (Å²) in [6, 6.07) is 7.80. The van der Waals surface area contributed by atoms with Crippen molar-refractivity contribution in [2.24, 2.45) is 5.41 Å². The van der Waals surface area contributed by atoms with Gasteiger partial charge in [-0.1, -0.05) is 29.8 Å². The molecule has 6 heteroatoms. The molecule has 1 unspecified atom stereocenters. The fourth-order valence-corrected chi connectivity index (χ4v) is 3.61. The number of amides is 2. The molecule has 1 saturated carbocycles. The third-order valence-corrected chi connectivity index (χ3v) is 5.36. The number of piperazine rings is 1. The highest BCUT2D eigenvalue weighted by Gasteiger charge is 2.58. The van der Waals surface area contributed by atoms with E-state index in [4.69, 9.17) is 11.6 Å². The third-order valence-electron chi connectivity index (χ3n) is 5.02. The van der Waals surface area contributed by atoms with E-state index in [1.54, 1.807) is 7.05 Å². The van der Waals surface area contributed by atoms with Gasteiger partial charge in [0, 0.05) is 31.7 Å². The Morgan fingerprint density at radius 3 is 2.57 bits per heavy atom. The largest absolute Gasteiger partial charge is 0.358 e. The molecule has 2 aliphatic rings. The van der Waals surface area contributed by atoms with Crippen LogP contribution in [0.15, 0.2) is 24.3 Å². The fraction of sp³-hybridized carbons (Fsp3) is 0.529. The molecule has 1 heterocycles. The van der Waals surface area contributed by atoms with Gasteiger partial charge in [0.2, 0.25) is 11.8 Å². The predicted octanol–water partition coefficient (Wildman–Crippen LogP) is 1.68. The number of halogens is 1. The standard InChI is InChI=1S/C17H22ClN3O2/c1-19-15(22)17(7-8-17)16(23)21-10-9-20(2)14(11-21)12-5-3-4-6-13(12)18/h3-6,14H,7-11H2,1-2H3,(H,19,22). The van der Waals surface area contributed by atoms with Crippen molar-refractivity contribution in [3.8, 4) is 0 Å². The normalized spacial score (nSPS) is 23.4. The lowest BCUT2D eigenvalue weighted by molar-refractivity contribution is -0.146. The van der Waals surface area contributed by atoms with Crippen molar-refractivity contribution < 1.29 is 9.59 Å². The molecule has 2 fully saturated rings. The van der Waals surface area contributed by atoms with Crippen molar-refractivity contribution in [3.63, 3.8) is 0 Å². The molecule has 3 rings (SSSR count). The Bertz CT molecular complexity index is 630. The van der Waals surface area contributed by atoms with Crippen LogP contribution in [0.25, 0.3) is 0 Å². The maximum atomic E-state index is 12.9. The number of nitrogens with zero attached hydrogens (tertiary/aromatic N) is 2. The Kier molecular flexibility index (Phi) is 4.34. The number of hydrogen-bond acceptors (Lipinski definition) is 3. The van der Waals surface area contributed by atoms with Crippen LogP contribution in [0.3, 0.4) is 0 Å². The van der Waals surface area contributed by atoms with E-state index in [9.17, 15) is 9.59 Å². The van der Waals surface area contributed by atoms with Crippen LogP contribution in [0.2, 0.25) is 5.02 Å². The van der Waals surface area contributed by atoms with Crippen LogP contribution in [0.5, 0.6) is 0 Å². The van der Waals surface area contributed by atoms with Crippen LogP contribution in [0.1, 0.15) is 24.4 Å². The zero-order valence-corrected chi connectivity index (χ0v) is 14.3. The molecule has 124 valence electrons. The van der Waals surface area contributed by atoms with Crippen molar-refractivity contribution in [3.05, 3.63) is 34.9 Å². The minimum Gasteiger partial charge on any atom is -0.358 e. The lowest BCUT2D eigenvalue weighted by Crippen LogP contribution is -2.53. The van der Waals surface area contributed by atoms with Gasteiger partial charge in [-0.05, 0) is 31.5 Å². The highest BCUT2D eigenvalue weighted by Crippen LogP contribution is 2.48. The molecule has 0 spiro atoms. The summed E-state index contributed by atoms with van der Waals surface area (Å²) >= 11 is 6.33. The predicted molar refractivity (Wildman–Crippen MR) is 89.1 cm³/mol. The molecule has 1 N–H and O–H groups in total. The Morgan fingerprint density at radius 1 is 1.26 bits per heavy atom. The van der Waals surface area contributed by atoms with E-state index < -0.39 is 5.41 Å². The number of carbonyl (C=O) groups excluding carboxylic acids is 2. The maximum Gasteiger partial charge on any atom is 0.238 e. The van der Waals surface area contributed by atoms with E-state index in [0.717, 1.165) is 12.1 Å². The molecule has 23 heavy (non-hydrogen) atoms. The minimum atomic E-state index is -0.824. The minimum absolute atomic E-state index is 0.0398. The molecular formula is C17H22ClN3O2. The van der Waals surface area contributed by atoms with Crippen LogP contribution < -0.4 is 5.32 Å². The van der Waals surface area contributed by atoms with Crippen LogP contribution in [-0.2, 0) is 9.59 Å². The van der Waals surface area contributed by atoms with Gasteiger partial charge < -0.3 is 10.2 Å². The van der Waals surface area contributed by atoms with Crippen molar-refractivity contribution in [1.29, 1.82) is 0 Å². The first-order valence-corrected chi connectivity index (χ1v) is 8.33. The maximum absolute atomic E-state index is 12.9. The molecule has 0 aromatic heterocycles. The summed E-state index contributed by atoms with van der Waals surface area (Å²) in [6.45, 7) is 1.98. The second-order valence-corrected chi connectivity index (χ2v) is 6.84. The van der Waals surface area contributed by atoms with Gasteiger partial charge in [0.05, 0.1) is 6.04 Å². The number of likely N-dealkylation sites (N-methyl/N-ethyl adjacent to an activating group) is 1. The Hall–Kier alpha value is -1.59. The lowest BCUT2D eigenvalue weighted by atomic mass is 9.99. The highest BCUT2D eigenvalue weighted by atomic mass is 35.5. The van der Waals surface area contributed by atoms with Crippen LogP contribution in [-0.4, -0.2) is 55.3 Å². The Balaban J connectivity index is 1.80. The molecule has 1 aliphatic heterocycles. The first-order chi connectivity index (χ1) is 11.0. The third kappa shape index (κ3) is 2.83. The van der Waals surface area contributed by atoms with Gasteiger partial charge in [-0.2, -0.15) is 0 Å². The van der Waals surface area contributed by atoms with E-state index in [0.29, 0.717) is 31.0 Å². The Morgan fingerprint density at radius 2 is 1.96 bits per heavy atom. The molecule has 1 atom stereocenters.